The second kappa shape index (κ2) is 1.98. The Morgan fingerprint density at radius 2 is 1.83 bits per heavy atom. The van der Waals surface area contributed by atoms with Gasteiger partial charge in [0.2, 0.25) is 0 Å². The molecule has 0 spiro atoms. The summed E-state index contributed by atoms with van der Waals surface area (Å²) in [6, 6.07) is 0. The third kappa shape index (κ3) is 0.828. The molecule has 3 aliphatic rings. The van der Waals surface area contributed by atoms with Crippen LogP contribution in [0.3, 0.4) is 0 Å². The van der Waals surface area contributed by atoms with Crippen LogP contribution in [0.25, 0.3) is 0 Å². The topological polar surface area (TPSA) is 12.5 Å². The highest BCUT2D eigenvalue weighted by atomic mass is 28.3. The van der Waals surface area contributed by atoms with Gasteiger partial charge in [-0.1, -0.05) is 19.6 Å². The maximum atomic E-state index is 5.69. The number of rotatable bonds is 1. The molecule has 12 heavy (non-hydrogen) atoms. The molecule has 2 aliphatic carbocycles. The third-order valence-electron chi connectivity index (χ3n) is 4.21. The van der Waals surface area contributed by atoms with Crippen LogP contribution in [0.2, 0.25) is 25.2 Å². The quantitative estimate of drug-likeness (QED) is 0.448. The van der Waals surface area contributed by atoms with Crippen molar-refractivity contribution in [3.05, 3.63) is 0 Å². The Hall–Kier alpha value is 0.177. The second-order valence-electron chi connectivity index (χ2n) is 5.93. The molecule has 0 aromatic rings. The van der Waals surface area contributed by atoms with Crippen molar-refractivity contribution in [1.82, 2.24) is 0 Å². The molecule has 68 valence electrons. The van der Waals surface area contributed by atoms with E-state index in [2.05, 4.69) is 19.6 Å². The van der Waals surface area contributed by atoms with Crippen molar-refractivity contribution in [3.8, 4) is 0 Å². The molecule has 0 aromatic heterocycles. The van der Waals surface area contributed by atoms with Crippen molar-refractivity contribution in [2.24, 2.45) is 11.8 Å². The van der Waals surface area contributed by atoms with Gasteiger partial charge in [-0.15, -0.1) is 0 Å². The molecule has 0 amide bonds. The zero-order valence-electron chi connectivity index (χ0n) is 8.21. The minimum Gasteiger partial charge on any atom is -0.369 e. The maximum Gasteiger partial charge on any atom is 0.0872 e. The zero-order valence-corrected chi connectivity index (χ0v) is 9.21. The lowest BCUT2D eigenvalue weighted by molar-refractivity contribution is 0.264. The first-order valence-corrected chi connectivity index (χ1v) is 8.80. The van der Waals surface area contributed by atoms with E-state index in [4.69, 9.17) is 4.74 Å². The van der Waals surface area contributed by atoms with E-state index >= 15 is 0 Å². The number of hydrogen-bond donors (Lipinski definition) is 0. The van der Waals surface area contributed by atoms with Crippen molar-refractivity contribution in [3.63, 3.8) is 0 Å². The average Bonchev–Trinajstić information content (AvgIpc) is 2.55. The Bertz CT molecular complexity index is 220. The fourth-order valence-corrected chi connectivity index (χ4v) is 6.22. The number of fused-ring (bicyclic) bond motifs is 5. The lowest BCUT2D eigenvalue weighted by Crippen LogP contribution is -2.34. The highest BCUT2D eigenvalue weighted by Crippen LogP contribution is 2.63. The van der Waals surface area contributed by atoms with Crippen LogP contribution in [-0.4, -0.2) is 20.3 Å². The van der Waals surface area contributed by atoms with E-state index in [-0.39, 0.29) is 0 Å². The first-order chi connectivity index (χ1) is 5.57. The van der Waals surface area contributed by atoms with Crippen LogP contribution in [0.4, 0.5) is 0 Å². The zero-order chi connectivity index (χ0) is 8.51. The van der Waals surface area contributed by atoms with Crippen LogP contribution in [0.15, 0.2) is 0 Å². The van der Waals surface area contributed by atoms with Gasteiger partial charge in [0, 0.05) is 8.07 Å². The van der Waals surface area contributed by atoms with Crippen LogP contribution in [0.1, 0.15) is 12.8 Å². The predicted molar refractivity (Wildman–Crippen MR) is 52.0 cm³/mol. The predicted octanol–water partition coefficient (Wildman–Crippen LogP) is 2.50. The largest absolute Gasteiger partial charge is 0.369 e. The van der Waals surface area contributed by atoms with Crippen LogP contribution < -0.4 is 0 Å². The summed E-state index contributed by atoms with van der Waals surface area (Å²) in [6.07, 6.45) is 4.45. The summed E-state index contributed by atoms with van der Waals surface area (Å²) in [4.78, 5) is 0. The lowest BCUT2D eigenvalue weighted by Gasteiger charge is -2.31. The lowest BCUT2D eigenvalue weighted by atomic mass is 10.0. The smallest absolute Gasteiger partial charge is 0.0872 e. The fraction of sp³-hybridized carbons (Fsp3) is 1.00. The first-order valence-electron chi connectivity index (χ1n) is 5.23. The number of ether oxygens (including phenoxy) is 1. The summed E-state index contributed by atoms with van der Waals surface area (Å²) in [5, 5.41) is 0. The molecule has 1 aliphatic heterocycles. The summed E-state index contributed by atoms with van der Waals surface area (Å²) in [6.45, 7) is 7.57. The SMILES string of the molecule is C[Si](C)(C)[C@H]1C[C@H]2C[C@@H]1[C@@H]1O[C@H]21. The average molecular weight is 182 g/mol. The van der Waals surface area contributed by atoms with Crippen LogP contribution >= 0.6 is 0 Å². The summed E-state index contributed by atoms with van der Waals surface area (Å²) >= 11 is 0. The minimum absolute atomic E-state index is 0.723. The van der Waals surface area contributed by atoms with Gasteiger partial charge in [-0.2, -0.15) is 0 Å². The molecule has 2 bridgehead atoms. The summed E-state index contributed by atoms with van der Waals surface area (Å²) in [5.41, 5.74) is 1.08. The van der Waals surface area contributed by atoms with Gasteiger partial charge in [-0.25, -0.2) is 0 Å². The van der Waals surface area contributed by atoms with Gasteiger partial charge in [0.05, 0.1) is 12.2 Å². The van der Waals surface area contributed by atoms with Gasteiger partial charge < -0.3 is 4.74 Å². The van der Waals surface area contributed by atoms with Crippen molar-refractivity contribution < 1.29 is 4.74 Å². The normalized spacial score (nSPS) is 55.8. The van der Waals surface area contributed by atoms with Crippen molar-refractivity contribution >= 4 is 8.07 Å². The van der Waals surface area contributed by atoms with E-state index in [0.29, 0.717) is 0 Å². The van der Waals surface area contributed by atoms with E-state index in [1.807, 2.05) is 0 Å². The molecule has 1 heterocycles. The van der Waals surface area contributed by atoms with E-state index in [0.717, 1.165) is 29.6 Å². The van der Waals surface area contributed by atoms with E-state index in [1.54, 1.807) is 0 Å². The van der Waals surface area contributed by atoms with Crippen molar-refractivity contribution in [1.29, 1.82) is 0 Å². The maximum absolute atomic E-state index is 5.69. The van der Waals surface area contributed by atoms with Gasteiger partial charge in [0.15, 0.2) is 0 Å². The van der Waals surface area contributed by atoms with Crippen LogP contribution in [0, 0.1) is 11.8 Å². The molecule has 3 rings (SSSR count). The Labute approximate surface area is 75.5 Å². The summed E-state index contributed by atoms with van der Waals surface area (Å²) < 4.78 is 5.69. The van der Waals surface area contributed by atoms with Gasteiger partial charge in [-0.05, 0) is 30.2 Å². The van der Waals surface area contributed by atoms with Gasteiger partial charge in [-0.3, -0.25) is 0 Å². The molecule has 0 aromatic carbocycles. The first kappa shape index (κ1) is 7.57. The Morgan fingerprint density at radius 3 is 2.33 bits per heavy atom. The van der Waals surface area contributed by atoms with Gasteiger partial charge in [0.25, 0.3) is 0 Å². The molecule has 0 unspecified atom stereocenters. The highest BCUT2D eigenvalue weighted by Gasteiger charge is 2.64. The van der Waals surface area contributed by atoms with Gasteiger partial charge in [0.1, 0.15) is 0 Å². The van der Waals surface area contributed by atoms with Crippen LogP contribution in [-0.2, 0) is 4.74 Å². The Kier molecular flexibility index (Phi) is 1.25. The summed E-state index contributed by atoms with van der Waals surface area (Å²) in [5.74, 6) is 1.95. The molecule has 1 saturated heterocycles. The van der Waals surface area contributed by atoms with Gasteiger partial charge >= 0.3 is 0 Å². The molecule has 2 saturated carbocycles. The number of hydrogen-bond acceptors (Lipinski definition) is 1. The molecule has 2 heteroatoms. The van der Waals surface area contributed by atoms with Crippen LogP contribution in [0.5, 0.6) is 0 Å². The third-order valence-corrected chi connectivity index (χ3v) is 7.10. The second-order valence-corrected chi connectivity index (χ2v) is 11.4. The highest BCUT2D eigenvalue weighted by molar-refractivity contribution is 6.77. The molecule has 0 N–H and O–H groups in total. The number of epoxide rings is 1. The Morgan fingerprint density at radius 1 is 1.08 bits per heavy atom. The van der Waals surface area contributed by atoms with E-state index in [1.165, 1.54) is 12.8 Å². The molecular weight excluding hydrogens is 164 g/mol. The van der Waals surface area contributed by atoms with E-state index < -0.39 is 8.07 Å². The Balaban J connectivity index is 1.84. The minimum atomic E-state index is -0.873. The van der Waals surface area contributed by atoms with Crippen molar-refractivity contribution in [2.75, 3.05) is 0 Å². The summed E-state index contributed by atoms with van der Waals surface area (Å²) in [7, 11) is -0.873. The molecule has 3 fully saturated rings. The van der Waals surface area contributed by atoms with E-state index in [9.17, 15) is 0 Å². The molecule has 5 atom stereocenters. The van der Waals surface area contributed by atoms with Crippen molar-refractivity contribution in [2.45, 2.75) is 50.2 Å². The molecular formula is C10H18OSi. The monoisotopic (exact) mass is 182 g/mol. The fourth-order valence-electron chi connectivity index (χ4n) is 3.60. The molecule has 0 radical (unpaired) electrons. The standard InChI is InChI=1S/C10H18OSi/c1-12(2,3)8-5-6-4-7(8)10-9(6)11-10/h6-10H,4-5H2,1-3H3/t6-,7+,8+,9-,10+/m1/s1. The molecule has 1 nitrogen and oxygen atoms in total.